The molecule has 0 unspecified atom stereocenters. The third-order valence-electron chi connectivity index (χ3n) is 3.64. The average Bonchev–Trinajstić information content (AvgIpc) is 2.41. The smallest absolute Gasteiger partial charge is 0.230 e. The number of hydrogen-bond donors (Lipinski definition) is 1. The molecule has 1 saturated carbocycles. The first kappa shape index (κ1) is 14.7. The molecule has 1 aromatic carbocycles. The van der Waals surface area contributed by atoms with Gasteiger partial charge < -0.3 is 5.32 Å². The summed E-state index contributed by atoms with van der Waals surface area (Å²) in [6.45, 7) is 2.23. The zero-order valence-electron chi connectivity index (χ0n) is 11.2. The van der Waals surface area contributed by atoms with Crippen LogP contribution in [0.1, 0.15) is 32.6 Å². The van der Waals surface area contributed by atoms with Crippen LogP contribution >= 0.6 is 23.4 Å². The van der Waals surface area contributed by atoms with Crippen molar-refractivity contribution in [2.45, 2.75) is 43.5 Å². The molecule has 2 rings (SSSR count). The van der Waals surface area contributed by atoms with Gasteiger partial charge in [-0.2, -0.15) is 0 Å². The molecule has 0 spiro atoms. The van der Waals surface area contributed by atoms with Crippen LogP contribution in [-0.2, 0) is 4.79 Å². The lowest BCUT2D eigenvalue weighted by molar-refractivity contribution is -0.119. The zero-order chi connectivity index (χ0) is 13.7. The molecule has 0 aliphatic heterocycles. The Labute approximate surface area is 124 Å². The normalized spacial score (nSPS) is 23.1. The van der Waals surface area contributed by atoms with Gasteiger partial charge in [0.25, 0.3) is 0 Å². The molecule has 1 N–H and O–H groups in total. The third-order valence-corrected chi connectivity index (χ3v) is 4.91. The van der Waals surface area contributed by atoms with Gasteiger partial charge >= 0.3 is 0 Å². The molecule has 0 radical (unpaired) electrons. The van der Waals surface area contributed by atoms with Crippen molar-refractivity contribution in [1.82, 2.24) is 5.32 Å². The molecule has 1 aliphatic rings. The fourth-order valence-electron chi connectivity index (χ4n) is 2.46. The van der Waals surface area contributed by atoms with E-state index in [1.54, 1.807) is 11.8 Å². The van der Waals surface area contributed by atoms with Gasteiger partial charge in [0.2, 0.25) is 5.91 Å². The highest BCUT2D eigenvalue weighted by atomic mass is 35.5. The standard InChI is InChI=1S/C15H20ClNOS/c1-11-4-2-3-5-14(11)17-15(18)10-19-13-8-6-12(16)7-9-13/h6-9,11,14H,2-5,10H2,1H3,(H,17,18)/t11-,14-/m0/s1. The Bertz CT molecular complexity index is 421. The van der Waals surface area contributed by atoms with Crippen molar-refractivity contribution in [3.63, 3.8) is 0 Å². The summed E-state index contributed by atoms with van der Waals surface area (Å²) in [5, 5.41) is 3.89. The Morgan fingerprint density at radius 3 is 2.68 bits per heavy atom. The summed E-state index contributed by atoms with van der Waals surface area (Å²) >= 11 is 7.39. The SMILES string of the molecule is C[C@H]1CCCC[C@@H]1NC(=O)CSc1ccc(Cl)cc1. The van der Waals surface area contributed by atoms with Crippen LogP contribution in [0, 0.1) is 5.92 Å². The maximum atomic E-state index is 11.9. The number of rotatable bonds is 4. The first-order valence-corrected chi connectivity index (χ1v) is 8.19. The van der Waals surface area contributed by atoms with Crippen molar-refractivity contribution in [3.05, 3.63) is 29.3 Å². The van der Waals surface area contributed by atoms with E-state index < -0.39 is 0 Å². The van der Waals surface area contributed by atoms with Crippen molar-refractivity contribution in [2.75, 3.05) is 5.75 Å². The van der Waals surface area contributed by atoms with Gasteiger partial charge in [0, 0.05) is 16.0 Å². The minimum absolute atomic E-state index is 0.138. The number of hydrogen-bond acceptors (Lipinski definition) is 2. The number of halogens is 1. The highest BCUT2D eigenvalue weighted by Crippen LogP contribution is 2.24. The van der Waals surface area contributed by atoms with Gasteiger partial charge in [-0.05, 0) is 43.0 Å². The molecule has 1 fully saturated rings. The first-order valence-electron chi connectivity index (χ1n) is 6.83. The Morgan fingerprint density at radius 1 is 1.32 bits per heavy atom. The first-order chi connectivity index (χ1) is 9.15. The van der Waals surface area contributed by atoms with E-state index in [9.17, 15) is 4.79 Å². The van der Waals surface area contributed by atoms with Crippen LogP contribution in [0.25, 0.3) is 0 Å². The van der Waals surface area contributed by atoms with Crippen LogP contribution in [0.15, 0.2) is 29.2 Å². The molecule has 1 aromatic rings. The van der Waals surface area contributed by atoms with Crippen LogP contribution < -0.4 is 5.32 Å². The number of amides is 1. The molecule has 19 heavy (non-hydrogen) atoms. The number of thioether (sulfide) groups is 1. The summed E-state index contributed by atoms with van der Waals surface area (Å²) in [4.78, 5) is 13.0. The second kappa shape index (κ2) is 7.20. The van der Waals surface area contributed by atoms with Crippen molar-refractivity contribution < 1.29 is 4.79 Å². The summed E-state index contributed by atoms with van der Waals surface area (Å²) < 4.78 is 0. The molecule has 0 aromatic heterocycles. The second-order valence-electron chi connectivity index (χ2n) is 5.18. The molecule has 104 valence electrons. The summed E-state index contributed by atoms with van der Waals surface area (Å²) in [7, 11) is 0. The average molecular weight is 298 g/mol. The molecule has 0 heterocycles. The molecule has 0 saturated heterocycles. The van der Waals surface area contributed by atoms with Gasteiger partial charge in [-0.15, -0.1) is 11.8 Å². The molecule has 2 atom stereocenters. The fraction of sp³-hybridized carbons (Fsp3) is 0.533. The van der Waals surface area contributed by atoms with Gasteiger partial charge in [-0.25, -0.2) is 0 Å². The van der Waals surface area contributed by atoms with Gasteiger partial charge in [0.05, 0.1) is 5.75 Å². The molecule has 0 bridgehead atoms. The van der Waals surface area contributed by atoms with E-state index in [0.717, 1.165) is 16.3 Å². The Morgan fingerprint density at radius 2 is 2.00 bits per heavy atom. The lowest BCUT2D eigenvalue weighted by Crippen LogP contribution is -2.41. The van der Waals surface area contributed by atoms with Crippen LogP contribution in [-0.4, -0.2) is 17.7 Å². The predicted octanol–water partition coefficient (Wildman–Crippen LogP) is 4.13. The van der Waals surface area contributed by atoms with Crippen LogP contribution in [0.5, 0.6) is 0 Å². The molecule has 1 aliphatic carbocycles. The maximum Gasteiger partial charge on any atom is 0.230 e. The van der Waals surface area contributed by atoms with Crippen LogP contribution in [0.4, 0.5) is 0 Å². The number of carbonyl (C=O) groups is 1. The maximum absolute atomic E-state index is 11.9. The van der Waals surface area contributed by atoms with E-state index in [2.05, 4.69) is 12.2 Å². The molecule has 1 amide bonds. The van der Waals surface area contributed by atoms with Crippen LogP contribution in [0.3, 0.4) is 0 Å². The molecular formula is C15H20ClNOS. The van der Waals surface area contributed by atoms with E-state index in [0.29, 0.717) is 17.7 Å². The molecule has 2 nitrogen and oxygen atoms in total. The number of nitrogens with one attached hydrogen (secondary N) is 1. The Hall–Kier alpha value is -0.670. The second-order valence-corrected chi connectivity index (χ2v) is 6.66. The summed E-state index contributed by atoms with van der Waals surface area (Å²) in [6.07, 6.45) is 4.89. The largest absolute Gasteiger partial charge is 0.352 e. The molecular weight excluding hydrogens is 278 g/mol. The van der Waals surface area contributed by atoms with Gasteiger partial charge in [-0.1, -0.05) is 31.4 Å². The van der Waals surface area contributed by atoms with Crippen LogP contribution in [0.2, 0.25) is 5.02 Å². The number of benzene rings is 1. The van der Waals surface area contributed by atoms with E-state index in [4.69, 9.17) is 11.6 Å². The predicted molar refractivity (Wildman–Crippen MR) is 81.7 cm³/mol. The minimum atomic E-state index is 0.138. The van der Waals surface area contributed by atoms with Gasteiger partial charge in [0.1, 0.15) is 0 Å². The summed E-state index contributed by atoms with van der Waals surface area (Å²) in [5.41, 5.74) is 0. The topological polar surface area (TPSA) is 29.1 Å². The quantitative estimate of drug-likeness (QED) is 0.847. The van der Waals surface area contributed by atoms with Gasteiger partial charge in [0.15, 0.2) is 0 Å². The van der Waals surface area contributed by atoms with Gasteiger partial charge in [-0.3, -0.25) is 4.79 Å². The highest BCUT2D eigenvalue weighted by molar-refractivity contribution is 8.00. The summed E-state index contributed by atoms with van der Waals surface area (Å²) in [5.74, 6) is 1.22. The lowest BCUT2D eigenvalue weighted by Gasteiger charge is -2.29. The van der Waals surface area contributed by atoms with E-state index in [1.807, 2.05) is 24.3 Å². The molecule has 4 heteroatoms. The number of carbonyl (C=O) groups excluding carboxylic acids is 1. The van der Waals surface area contributed by atoms with E-state index >= 15 is 0 Å². The lowest BCUT2D eigenvalue weighted by atomic mass is 9.86. The van der Waals surface area contributed by atoms with Crippen molar-refractivity contribution >= 4 is 29.3 Å². The summed E-state index contributed by atoms with van der Waals surface area (Å²) in [6, 6.07) is 7.97. The fourth-order valence-corrected chi connectivity index (χ4v) is 3.29. The Kier molecular flexibility index (Phi) is 5.59. The zero-order valence-corrected chi connectivity index (χ0v) is 12.8. The van der Waals surface area contributed by atoms with E-state index in [-0.39, 0.29) is 5.91 Å². The third kappa shape index (κ3) is 4.73. The van der Waals surface area contributed by atoms with Crippen molar-refractivity contribution in [2.24, 2.45) is 5.92 Å². The van der Waals surface area contributed by atoms with E-state index in [1.165, 1.54) is 19.3 Å². The Balaban J connectivity index is 1.76. The highest BCUT2D eigenvalue weighted by Gasteiger charge is 2.22. The minimum Gasteiger partial charge on any atom is -0.352 e. The van der Waals surface area contributed by atoms with Crippen molar-refractivity contribution in [1.29, 1.82) is 0 Å². The van der Waals surface area contributed by atoms with Crippen molar-refractivity contribution in [3.8, 4) is 0 Å². The monoisotopic (exact) mass is 297 g/mol.